The number of hydrogen-bond acceptors (Lipinski definition) is 0. The standard InChI is InChI=1S/C39H64/c1-15-25(7)31-21-33(27(9)17-3)37(29(11)19-5)35(23-31)39(13,14)36-24-32(26(8)16-2)22-34(28(10)18-4)38(36)30(12)20-6/h21-30H,15-20H2,1-14H3. The van der Waals surface area contributed by atoms with E-state index in [9.17, 15) is 0 Å². The lowest BCUT2D eigenvalue weighted by Gasteiger charge is -2.38. The van der Waals surface area contributed by atoms with Gasteiger partial charge in [-0.15, -0.1) is 0 Å². The van der Waals surface area contributed by atoms with E-state index in [0.717, 1.165) is 0 Å². The van der Waals surface area contributed by atoms with Crippen LogP contribution in [0.2, 0.25) is 0 Å². The fourth-order valence-corrected chi connectivity index (χ4v) is 6.38. The normalized spacial score (nSPS) is 17.0. The monoisotopic (exact) mass is 533 g/mol. The van der Waals surface area contributed by atoms with Crippen LogP contribution in [-0.2, 0) is 5.41 Å². The van der Waals surface area contributed by atoms with Crippen molar-refractivity contribution in [2.45, 2.75) is 176 Å². The molecule has 0 aliphatic rings. The van der Waals surface area contributed by atoms with Gasteiger partial charge in [-0.1, -0.05) is 121 Å². The first-order valence-electron chi connectivity index (χ1n) is 16.7. The molecule has 0 aliphatic heterocycles. The molecular formula is C39H64. The minimum atomic E-state index is -0.0745. The van der Waals surface area contributed by atoms with Crippen LogP contribution >= 0.6 is 0 Å². The van der Waals surface area contributed by atoms with Crippen molar-refractivity contribution in [1.82, 2.24) is 0 Å². The van der Waals surface area contributed by atoms with E-state index >= 15 is 0 Å². The lowest BCUT2D eigenvalue weighted by atomic mass is 9.66. The van der Waals surface area contributed by atoms with Gasteiger partial charge in [0.2, 0.25) is 0 Å². The van der Waals surface area contributed by atoms with Gasteiger partial charge in [-0.2, -0.15) is 0 Å². The fourth-order valence-electron chi connectivity index (χ4n) is 6.38. The van der Waals surface area contributed by atoms with Crippen LogP contribution in [0.3, 0.4) is 0 Å². The molecule has 6 atom stereocenters. The Balaban J connectivity index is 3.14. The summed E-state index contributed by atoms with van der Waals surface area (Å²) in [5, 5.41) is 0. The van der Waals surface area contributed by atoms with E-state index in [1.165, 1.54) is 49.7 Å². The molecule has 0 saturated carbocycles. The maximum Gasteiger partial charge on any atom is 0.0152 e. The van der Waals surface area contributed by atoms with E-state index in [4.69, 9.17) is 0 Å². The summed E-state index contributed by atoms with van der Waals surface area (Å²) < 4.78 is 0. The Morgan fingerprint density at radius 1 is 0.436 bits per heavy atom. The third kappa shape index (κ3) is 7.02. The molecular weight excluding hydrogens is 468 g/mol. The molecule has 0 spiro atoms. The van der Waals surface area contributed by atoms with Crippen LogP contribution in [0.5, 0.6) is 0 Å². The van der Waals surface area contributed by atoms with Crippen molar-refractivity contribution in [2.75, 3.05) is 0 Å². The quantitative estimate of drug-likeness (QED) is 0.227. The van der Waals surface area contributed by atoms with Crippen LogP contribution in [0, 0.1) is 0 Å². The average molecular weight is 533 g/mol. The number of rotatable bonds is 14. The highest BCUT2D eigenvalue weighted by Crippen LogP contribution is 2.47. The maximum absolute atomic E-state index is 2.64. The second-order valence-corrected chi connectivity index (χ2v) is 13.6. The fraction of sp³-hybridized carbons (Fsp3) is 0.692. The molecule has 2 rings (SSSR count). The molecule has 0 amide bonds. The molecule has 39 heavy (non-hydrogen) atoms. The van der Waals surface area contributed by atoms with E-state index in [1.807, 2.05) is 0 Å². The molecule has 0 bridgehead atoms. The first-order chi connectivity index (χ1) is 18.3. The maximum atomic E-state index is 2.64. The van der Waals surface area contributed by atoms with Crippen molar-refractivity contribution in [3.63, 3.8) is 0 Å². The van der Waals surface area contributed by atoms with Gasteiger partial charge >= 0.3 is 0 Å². The summed E-state index contributed by atoms with van der Waals surface area (Å²) in [7, 11) is 0. The first-order valence-corrected chi connectivity index (χ1v) is 16.7. The molecule has 0 nitrogen and oxygen atoms in total. The van der Waals surface area contributed by atoms with Crippen LogP contribution < -0.4 is 0 Å². The molecule has 0 heteroatoms. The van der Waals surface area contributed by atoms with E-state index in [0.29, 0.717) is 35.5 Å². The van der Waals surface area contributed by atoms with E-state index in [-0.39, 0.29) is 5.41 Å². The zero-order valence-electron chi connectivity index (χ0n) is 28.5. The van der Waals surface area contributed by atoms with Crippen molar-refractivity contribution < 1.29 is 0 Å². The third-order valence-corrected chi connectivity index (χ3v) is 10.7. The van der Waals surface area contributed by atoms with Crippen LogP contribution in [0.4, 0.5) is 0 Å². The van der Waals surface area contributed by atoms with Crippen LogP contribution in [0.25, 0.3) is 0 Å². The summed E-state index contributed by atoms with van der Waals surface area (Å²) >= 11 is 0. The lowest BCUT2D eigenvalue weighted by molar-refractivity contribution is 0.570. The smallest absolute Gasteiger partial charge is 0.0152 e. The largest absolute Gasteiger partial charge is 0.0648 e. The second kappa shape index (κ2) is 14.4. The van der Waals surface area contributed by atoms with Gasteiger partial charge in [0.1, 0.15) is 0 Å². The molecule has 2 aromatic rings. The van der Waals surface area contributed by atoms with Gasteiger partial charge in [0.05, 0.1) is 0 Å². The van der Waals surface area contributed by atoms with Crippen molar-refractivity contribution >= 4 is 0 Å². The predicted octanol–water partition coefficient (Wildman–Crippen LogP) is 13.1. The van der Waals surface area contributed by atoms with Gasteiger partial charge in [-0.3, -0.25) is 0 Å². The minimum absolute atomic E-state index is 0.0745. The van der Waals surface area contributed by atoms with Gasteiger partial charge < -0.3 is 0 Å². The van der Waals surface area contributed by atoms with E-state index < -0.39 is 0 Å². The Morgan fingerprint density at radius 3 is 0.974 bits per heavy atom. The molecule has 0 fully saturated rings. The molecule has 0 radical (unpaired) electrons. The molecule has 0 N–H and O–H groups in total. The highest BCUT2D eigenvalue weighted by atomic mass is 14.4. The molecule has 0 saturated heterocycles. The number of benzene rings is 2. The molecule has 0 aromatic heterocycles. The second-order valence-electron chi connectivity index (χ2n) is 13.6. The number of hydrogen-bond donors (Lipinski definition) is 0. The van der Waals surface area contributed by atoms with E-state index in [2.05, 4.69) is 121 Å². The van der Waals surface area contributed by atoms with E-state index in [1.54, 1.807) is 33.4 Å². The van der Waals surface area contributed by atoms with Gasteiger partial charge in [0, 0.05) is 5.41 Å². The molecule has 220 valence electrons. The molecule has 6 unspecified atom stereocenters. The summed E-state index contributed by atoms with van der Waals surface area (Å²) in [6.45, 7) is 34.0. The highest BCUT2D eigenvalue weighted by molar-refractivity contribution is 5.56. The third-order valence-electron chi connectivity index (χ3n) is 10.7. The summed E-state index contributed by atoms with van der Waals surface area (Å²) in [6, 6.07) is 10.5. The predicted molar refractivity (Wildman–Crippen MR) is 177 cm³/mol. The van der Waals surface area contributed by atoms with Crippen LogP contribution in [0.1, 0.15) is 215 Å². The van der Waals surface area contributed by atoms with Crippen molar-refractivity contribution in [3.05, 3.63) is 68.8 Å². The van der Waals surface area contributed by atoms with Crippen molar-refractivity contribution in [1.29, 1.82) is 0 Å². The minimum Gasteiger partial charge on any atom is -0.0648 e. The van der Waals surface area contributed by atoms with Gasteiger partial charge in [-0.25, -0.2) is 0 Å². The zero-order chi connectivity index (χ0) is 29.7. The Labute approximate surface area is 244 Å². The van der Waals surface area contributed by atoms with Crippen molar-refractivity contribution in [2.24, 2.45) is 0 Å². The SMILES string of the molecule is CCC(C)c1cc(C(C)CC)c(C(C)CC)c(C(C)(C)c2cc(C(C)CC)cc(C(C)CC)c2C(C)CC)c1. The molecule has 2 aromatic carbocycles. The Morgan fingerprint density at radius 2 is 0.718 bits per heavy atom. The topological polar surface area (TPSA) is 0 Å². The zero-order valence-corrected chi connectivity index (χ0v) is 28.5. The van der Waals surface area contributed by atoms with Gasteiger partial charge in [0.25, 0.3) is 0 Å². The lowest BCUT2D eigenvalue weighted by Crippen LogP contribution is -2.27. The van der Waals surface area contributed by atoms with Crippen LogP contribution in [0.15, 0.2) is 24.3 Å². The average Bonchev–Trinajstić information content (AvgIpc) is 2.96. The summed E-state index contributed by atoms with van der Waals surface area (Å²) in [6.07, 6.45) is 7.10. The first kappa shape index (κ1) is 33.6. The Hall–Kier alpha value is -1.56. The molecule has 0 heterocycles. The van der Waals surface area contributed by atoms with Crippen molar-refractivity contribution in [3.8, 4) is 0 Å². The summed E-state index contributed by atoms with van der Waals surface area (Å²) in [5.74, 6) is 3.39. The summed E-state index contributed by atoms with van der Waals surface area (Å²) in [5.41, 5.74) is 12.7. The summed E-state index contributed by atoms with van der Waals surface area (Å²) in [4.78, 5) is 0. The van der Waals surface area contributed by atoms with Crippen LogP contribution in [-0.4, -0.2) is 0 Å². The van der Waals surface area contributed by atoms with Gasteiger partial charge in [0.15, 0.2) is 0 Å². The highest BCUT2D eigenvalue weighted by Gasteiger charge is 2.35. The Kier molecular flexibility index (Phi) is 12.4. The van der Waals surface area contributed by atoms with Gasteiger partial charge in [-0.05, 0) is 119 Å². The molecule has 0 aliphatic carbocycles. The Bertz CT molecular complexity index is 971.